The number of aliphatic hydroxyl groups excluding tert-OH is 1. The van der Waals surface area contributed by atoms with Crippen LogP contribution in [0.4, 0.5) is 0 Å². The molecule has 0 aromatic rings. The second-order valence-corrected chi connectivity index (χ2v) is 7.31. The molecule has 29 heavy (non-hydrogen) atoms. The highest BCUT2D eigenvalue weighted by Gasteiger charge is 2.31. The zero-order chi connectivity index (χ0) is 22.6. The number of rotatable bonds is 14. The fourth-order valence-electron chi connectivity index (χ4n) is 2.36. The summed E-state index contributed by atoms with van der Waals surface area (Å²) in [6.45, 7) is 3.20. The average molecular weight is 436 g/mol. The largest absolute Gasteiger partial charge is 0.480 e. The number of nitrogens with two attached hydrogens (primary N) is 2. The molecular weight excluding hydrogens is 402 g/mol. The fourth-order valence-corrected chi connectivity index (χ4v) is 2.61. The minimum atomic E-state index is -1.24. The van der Waals surface area contributed by atoms with Gasteiger partial charge >= 0.3 is 5.97 Å². The number of hydrogen-bond donors (Lipinski definition) is 8. The van der Waals surface area contributed by atoms with Crippen molar-refractivity contribution in [2.24, 2.45) is 17.4 Å². The van der Waals surface area contributed by atoms with Gasteiger partial charge in [-0.1, -0.05) is 13.8 Å². The van der Waals surface area contributed by atoms with Crippen molar-refractivity contribution in [3.8, 4) is 0 Å². The van der Waals surface area contributed by atoms with Gasteiger partial charge in [0.25, 0.3) is 0 Å². The first-order chi connectivity index (χ1) is 13.6. The van der Waals surface area contributed by atoms with Gasteiger partial charge in [0, 0.05) is 5.75 Å². The van der Waals surface area contributed by atoms with E-state index in [4.69, 9.17) is 21.7 Å². The smallest absolute Gasteiger partial charge is 0.327 e. The Morgan fingerprint density at radius 2 is 1.55 bits per heavy atom. The van der Waals surface area contributed by atoms with E-state index in [0.717, 1.165) is 0 Å². The van der Waals surface area contributed by atoms with Gasteiger partial charge in [0.15, 0.2) is 0 Å². The van der Waals surface area contributed by atoms with Gasteiger partial charge in [-0.05, 0) is 31.7 Å². The van der Waals surface area contributed by atoms with Crippen LogP contribution >= 0.6 is 12.6 Å². The lowest BCUT2D eigenvalue weighted by Crippen LogP contribution is -2.58. The van der Waals surface area contributed by atoms with E-state index in [2.05, 4.69) is 28.6 Å². The Balaban J connectivity index is 5.27. The number of amides is 3. The van der Waals surface area contributed by atoms with Crippen LogP contribution < -0.4 is 27.4 Å². The zero-order valence-electron chi connectivity index (χ0n) is 16.8. The topological polar surface area (TPSA) is 197 Å². The summed E-state index contributed by atoms with van der Waals surface area (Å²) in [5, 5.41) is 25.4. The molecule has 9 N–H and O–H groups in total. The molecule has 0 rings (SSSR count). The summed E-state index contributed by atoms with van der Waals surface area (Å²) in [5.74, 6) is -3.70. The normalized spacial score (nSPS) is 15.1. The predicted molar refractivity (Wildman–Crippen MR) is 110 cm³/mol. The van der Waals surface area contributed by atoms with Crippen LogP contribution in [-0.4, -0.2) is 77.0 Å². The summed E-state index contributed by atoms with van der Waals surface area (Å²) in [4.78, 5) is 48.3. The maximum Gasteiger partial charge on any atom is 0.327 e. The van der Waals surface area contributed by atoms with Crippen LogP contribution in [0.1, 0.15) is 33.1 Å². The molecule has 0 aromatic heterocycles. The molecule has 0 radical (unpaired) electrons. The van der Waals surface area contributed by atoms with E-state index in [1.54, 1.807) is 13.8 Å². The number of carboxylic acid groups (broad SMARTS) is 1. The molecule has 0 aromatic carbocycles. The molecule has 0 saturated heterocycles. The Morgan fingerprint density at radius 1 is 0.966 bits per heavy atom. The van der Waals surface area contributed by atoms with E-state index in [-0.39, 0.29) is 18.1 Å². The van der Waals surface area contributed by atoms with Gasteiger partial charge in [-0.25, -0.2) is 4.79 Å². The average Bonchev–Trinajstić information content (AvgIpc) is 2.67. The third-order valence-electron chi connectivity index (χ3n) is 4.16. The zero-order valence-corrected chi connectivity index (χ0v) is 17.7. The van der Waals surface area contributed by atoms with Gasteiger partial charge in [0.1, 0.15) is 24.2 Å². The number of carboxylic acids is 1. The Hall–Kier alpha value is -1.89. The molecule has 0 aliphatic carbocycles. The van der Waals surface area contributed by atoms with Crippen molar-refractivity contribution < 1.29 is 29.4 Å². The molecule has 0 saturated carbocycles. The third-order valence-corrected chi connectivity index (χ3v) is 4.52. The van der Waals surface area contributed by atoms with Crippen LogP contribution in [0.2, 0.25) is 0 Å². The van der Waals surface area contributed by atoms with E-state index in [0.29, 0.717) is 19.4 Å². The second kappa shape index (κ2) is 14.1. The van der Waals surface area contributed by atoms with Crippen molar-refractivity contribution in [3.05, 3.63) is 0 Å². The standard InChI is InChI=1S/C17H33N5O6S/c1-9(2)13(16(26)21-12(8-29)17(27)28)22-15(25)11(5-3-4-6-18)20-14(24)10(19)7-23/h9-13,23,29H,3-8,18-19H2,1-2H3,(H,20,24)(H,21,26)(H,22,25)(H,27,28). The lowest BCUT2D eigenvalue weighted by molar-refractivity contribution is -0.142. The summed E-state index contributed by atoms with van der Waals surface area (Å²) in [7, 11) is 0. The van der Waals surface area contributed by atoms with Gasteiger partial charge in [0.05, 0.1) is 6.61 Å². The van der Waals surface area contributed by atoms with Crippen LogP contribution in [-0.2, 0) is 19.2 Å². The van der Waals surface area contributed by atoms with Gasteiger partial charge < -0.3 is 37.6 Å². The number of aliphatic hydroxyl groups is 1. The second-order valence-electron chi connectivity index (χ2n) is 6.95. The predicted octanol–water partition coefficient (Wildman–Crippen LogP) is -2.44. The SMILES string of the molecule is CC(C)C(NC(=O)C(CCCCN)NC(=O)C(N)CO)C(=O)NC(CS)C(=O)O. The number of aliphatic carboxylic acids is 1. The maximum absolute atomic E-state index is 12.7. The molecule has 0 spiro atoms. The van der Waals surface area contributed by atoms with Crippen molar-refractivity contribution in [3.63, 3.8) is 0 Å². The third kappa shape index (κ3) is 9.92. The summed E-state index contributed by atoms with van der Waals surface area (Å²) in [6, 6.07) is -4.40. The van der Waals surface area contributed by atoms with E-state index in [1.807, 2.05) is 0 Å². The summed E-state index contributed by atoms with van der Waals surface area (Å²) < 4.78 is 0. The van der Waals surface area contributed by atoms with Crippen LogP contribution in [0.15, 0.2) is 0 Å². The molecule has 168 valence electrons. The first-order valence-electron chi connectivity index (χ1n) is 9.40. The first-order valence-corrected chi connectivity index (χ1v) is 10.0. The highest BCUT2D eigenvalue weighted by atomic mass is 32.1. The van der Waals surface area contributed by atoms with Gasteiger partial charge in [0.2, 0.25) is 17.7 Å². The number of thiol groups is 1. The van der Waals surface area contributed by atoms with Crippen molar-refractivity contribution in [1.82, 2.24) is 16.0 Å². The van der Waals surface area contributed by atoms with Crippen molar-refractivity contribution in [2.45, 2.75) is 57.3 Å². The number of nitrogens with one attached hydrogen (secondary N) is 3. The quantitative estimate of drug-likeness (QED) is 0.109. The monoisotopic (exact) mass is 435 g/mol. The lowest BCUT2D eigenvalue weighted by atomic mass is 10.0. The van der Waals surface area contributed by atoms with E-state index >= 15 is 0 Å². The van der Waals surface area contributed by atoms with E-state index in [9.17, 15) is 19.2 Å². The van der Waals surface area contributed by atoms with Crippen molar-refractivity contribution in [2.75, 3.05) is 18.9 Å². The molecule has 4 atom stereocenters. The minimum absolute atomic E-state index is 0.114. The van der Waals surface area contributed by atoms with Crippen LogP contribution in [0.3, 0.4) is 0 Å². The molecule has 0 fully saturated rings. The van der Waals surface area contributed by atoms with Gasteiger partial charge in [-0.3, -0.25) is 14.4 Å². The Kier molecular flexibility index (Phi) is 13.2. The Bertz CT molecular complexity index is 562. The Labute approximate surface area is 175 Å². The molecular formula is C17H33N5O6S. The summed E-state index contributed by atoms with van der Waals surface area (Å²) in [5.41, 5.74) is 10.9. The van der Waals surface area contributed by atoms with Crippen LogP contribution in [0.25, 0.3) is 0 Å². The number of hydrogen-bond acceptors (Lipinski definition) is 8. The first kappa shape index (κ1) is 27.1. The number of carbonyl (C=O) groups excluding carboxylic acids is 3. The Morgan fingerprint density at radius 3 is 2.00 bits per heavy atom. The van der Waals surface area contributed by atoms with Crippen LogP contribution in [0.5, 0.6) is 0 Å². The molecule has 0 heterocycles. The van der Waals surface area contributed by atoms with Gasteiger partial charge in [-0.2, -0.15) is 12.6 Å². The van der Waals surface area contributed by atoms with Gasteiger partial charge in [-0.15, -0.1) is 0 Å². The fraction of sp³-hybridized carbons (Fsp3) is 0.765. The molecule has 0 aliphatic rings. The molecule has 0 bridgehead atoms. The molecule has 0 aliphatic heterocycles. The lowest BCUT2D eigenvalue weighted by Gasteiger charge is -2.26. The minimum Gasteiger partial charge on any atom is -0.480 e. The van der Waals surface area contributed by atoms with Crippen molar-refractivity contribution >= 4 is 36.3 Å². The number of carbonyl (C=O) groups is 4. The molecule has 3 amide bonds. The molecule has 4 unspecified atom stereocenters. The van der Waals surface area contributed by atoms with E-state index < -0.39 is 54.5 Å². The summed E-state index contributed by atoms with van der Waals surface area (Å²) in [6.07, 6.45) is 1.43. The number of unbranched alkanes of at least 4 members (excludes halogenated alkanes) is 1. The van der Waals surface area contributed by atoms with Crippen LogP contribution in [0, 0.1) is 5.92 Å². The van der Waals surface area contributed by atoms with Crippen molar-refractivity contribution in [1.29, 1.82) is 0 Å². The highest BCUT2D eigenvalue weighted by Crippen LogP contribution is 2.07. The van der Waals surface area contributed by atoms with E-state index in [1.165, 1.54) is 0 Å². The summed E-state index contributed by atoms with van der Waals surface area (Å²) >= 11 is 3.89. The molecule has 11 nitrogen and oxygen atoms in total. The maximum atomic E-state index is 12.7. The highest BCUT2D eigenvalue weighted by molar-refractivity contribution is 7.80. The molecule has 12 heteroatoms.